The van der Waals surface area contributed by atoms with Crippen LogP contribution in [0.5, 0.6) is 0 Å². The van der Waals surface area contributed by atoms with Crippen LogP contribution in [-0.4, -0.2) is 30.0 Å². The van der Waals surface area contributed by atoms with Gasteiger partial charge in [0.1, 0.15) is 0 Å². The van der Waals surface area contributed by atoms with Gasteiger partial charge in [-0.05, 0) is 19.8 Å². The standard InChI is InChI=1S/C12H19N3OS/c1-9-14-11(8-17-9)4-6-13-7-5-12(16)15-10-2-3-10/h8,10,13H,2-7H2,1H3,(H,15,16). The number of amides is 1. The lowest BCUT2D eigenvalue weighted by Gasteiger charge is -2.04. The monoisotopic (exact) mass is 253 g/mol. The van der Waals surface area contributed by atoms with E-state index in [4.69, 9.17) is 0 Å². The first-order valence-electron chi connectivity index (χ1n) is 6.15. The van der Waals surface area contributed by atoms with Crippen LogP contribution < -0.4 is 10.6 Å². The predicted molar refractivity (Wildman–Crippen MR) is 69.2 cm³/mol. The molecular weight excluding hydrogens is 234 g/mol. The number of hydrogen-bond donors (Lipinski definition) is 2. The van der Waals surface area contributed by atoms with Crippen molar-refractivity contribution in [1.82, 2.24) is 15.6 Å². The molecule has 0 bridgehead atoms. The predicted octanol–water partition coefficient (Wildman–Crippen LogP) is 1.25. The fourth-order valence-electron chi connectivity index (χ4n) is 1.59. The molecule has 2 N–H and O–H groups in total. The number of rotatable bonds is 7. The summed E-state index contributed by atoms with van der Waals surface area (Å²) >= 11 is 1.68. The highest BCUT2D eigenvalue weighted by atomic mass is 32.1. The van der Waals surface area contributed by atoms with Crippen molar-refractivity contribution in [2.24, 2.45) is 0 Å². The molecule has 1 fully saturated rings. The largest absolute Gasteiger partial charge is 0.353 e. The van der Waals surface area contributed by atoms with E-state index < -0.39 is 0 Å². The van der Waals surface area contributed by atoms with Gasteiger partial charge in [0.15, 0.2) is 0 Å². The molecule has 4 nitrogen and oxygen atoms in total. The van der Waals surface area contributed by atoms with Crippen LogP contribution >= 0.6 is 11.3 Å². The molecule has 1 saturated carbocycles. The highest BCUT2D eigenvalue weighted by Crippen LogP contribution is 2.18. The first-order chi connectivity index (χ1) is 8.24. The van der Waals surface area contributed by atoms with Gasteiger partial charge in [-0.25, -0.2) is 4.98 Å². The topological polar surface area (TPSA) is 54.0 Å². The zero-order valence-corrected chi connectivity index (χ0v) is 11.0. The summed E-state index contributed by atoms with van der Waals surface area (Å²) in [6.07, 6.45) is 3.83. The summed E-state index contributed by atoms with van der Waals surface area (Å²) in [6.45, 7) is 3.66. The van der Waals surface area contributed by atoms with Gasteiger partial charge in [0.05, 0.1) is 10.7 Å². The van der Waals surface area contributed by atoms with Crippen LogP contribution in [0.1, 0.15) is 30.0 Å². The fourth-order valence-corrected chi connectivity index (χ4v) is 2.24. The van der Waals surface area contributed by atoms with E-state index in [1.807, 2.05) is 6.92 Å². The van der Waals surface area contributed by atoms with Crippen molar-refractivity contribution in [2.75, 3.05) is 13.1 Å². The van der Waals surface area contributed by atoms with E-state index in [1.165, 1.54) is 0 Å². The summed E-state index contributed by atoms with van der Waals surface area (Å²) in [7, 11) is 0. The second kappa shape index (κ2) is 6.12. The molecule has 1 aromatic heterocycles. The minimum Gasteiger partial charge on any atom is -0.353 e. The van der Waals surface area contributed by atoms with Crippen LogP contribution in [-0.2, 0) is 11.2 Å². The van der Waals surface area contributed by atoms with Crippen molar-refractivity contribution in [3.8, 4) is 0 Å². The lowest BCUT2D eigenvalue weighted by Crippen LogP contribution is -2.29. The maximum Gasteiger partial charge on any atom is 0.221 e. The first kappa shape index (κ1) is 12.5. The molecule has 0 aliphatic heterocycles. The minimum atomic E-state index is 0.171. The molecule has 0 spiro atoms. The number of carbonyl (C=O) groups excluding carboxylic acids is 1. The molecule has 0 unspecified atom stereocenters. The minimum absolute atomic E-state index is 0.171. The smallest absolute Gasteiger partial charge is 0.221 e. The van der Waals surface area contributed by atoms with E-state index in [1.54, 1.807) is 11.3 Å². The molecule has 0 atom stereocenters. The van der Waals surface area contributed by atoms with Gasteiger partial charge in [-0.1, -0.05) is 0 Å². The number of hydrogen-bond acceptors (Lipinski definition) is 4. The normalized spacial score (nSPS) is 14.9. The number of carbonyl (C=O) groups is 1. The Morgan fingerprint density at radius 1 is 1.53 bits per heavy atom. The van der Waals surface area contributed by atoms with Crippen molar-refractivity contribution in [1.29, 1.82) is 0 Å². The van der Waals surface area contributed by atoms with Crippen molar-refractivity contribution in [3.63, 3.8) is 0 Å². The average molecular weight is 253 g/mol. The second-order valence-electron chi connectivity index (χ2n) is 4.45. The van der Waals surface area contributed by atoms with Gasteiger partial charge in [-0.3, -0.25) is 4.79 Å². The van der Waals surface area contributed by atoms with E-state index in [0.29, 0.717) is 12.5 Å². The molecule has 5 heteroatoms. The Labute approximate surface area is 106 Å². The quantitative estimate of drug-likeness (QED) is 0.719. The Kier molecular flexibility index (Phi) is 4.50. The highest BCUT2D eigenvalue weighted by Gasteiger charge is 2.22. The molecule has 0 aromatic carbocycles. The van der Waals surface area contributed by atoms with E-state index in [-0.39, 0.29) is 5.91 Å². The van der Waals surface area contributed by atoms with E-state index in [2.05, 4.69) is 21.0 Å². The molecule has 0 radical (unpaired) electrons. The van der Waals surface area contributed by atoms with Gasteiger partial charge in [0, 0.05) is 37.4 Å². The molecule has 1 aliphatic carbocycles. The number of thiazole rings is 1. The fraction of sp³-hybridized carbons (Fsp3) is 0.667. The van der Waals surface area contributed by atoms with E-state index in [0.717, 1.165) is 43.1 Å². The summed E-state index contributed by atoms with van der Waals surface area (Å²) in [4.78, 5) is 15.8. The lowest BCUT2D eigenvalue weighted by molar-refractivity contribution is -0.121. The average Bonchev–Trinajstić information content (AvgIpc) is 3.00. The molecule has 1 heterocycles. The van der Waals surface area contributed by atoms with E-state index >= 15 is 0 Å². The highest BCUT2D eigenvalue weighted by molar-refractivity contribution is 7.09. The van der Waals surface area contributed by atoms with E-state index in [9.17, 15) is 4.79 Å². The Morgan fingerprint density at radius 3 is 3.00 bits per heavy atom. The Hall–Kier alpha value is -0.940. The van der Waals surface area contributed by atoms with Crippen molar-refractivity contribution < 1.29 is 4.79 Å². The molecule has 1 aromatic rings. The lowest BCUT2D eigenvalue weighted by atomic mass is 10.3. The summed E-state index contributed by atoms with van der Waals surface area (Å²) in [6, 6.07) is 0.473. The van der Waals surface area contributed by atoms with Crippen LogP contribution in [0.2, 0.25) is 0 Å². The second-order valence-corrected chi connectivity index (χ2v) is 5.51. The third kappa shape index (κ3) is 4.83. The number of nitrogens with one attached hydrogen (secondary N) is 2. The summed E-state index contributed by atoms with van der Waals surface area (Å²) < 4.78 is 0. The molecule has 1 aliphatic rings. The molecule has 1 amide bonds. The first-order valence-corrected chi connectivity index (χ1v) is 7.03. The number of aryl methyl sites for hydroxylation is 1. The van der Waals surface area contributed by atoms with Crippen molar-refractivity contribution in [3.05, 3.63) is 16.1 Å². The summed E-state index contributed by atoms with van der Waals surface area (Å²) in [5.74, 6) is 0.171. The zero-order valence-electron chi connectivity index (χ0n) is 10.2. The van der Waals surface area contributed by atoms with Crippen molar-refractivity contribution in [2.45, 2.75) is 38.6 Å². The van der Waals surface area contributed by atoms with Gasteiger partial charge >= 0.3 is 0 Å². The molecular formula is C12H19N3OS. The molecule has 17 heavy (non-hydrogen) atoms. The van der Waals surface area contributed by atoms with Gasteiger partial charge in [0.2, 0.25) is 5.91 Å². The SMILES string of the molecule is Cc1nc(CCNCCC(=O)NC2CC2)cs1. The maximum atomic E-state index is 11.4. The van der Waals surface area contributed by atoms with Gasteiger partial charge < -0.3 is 10.6 Å². The molecule has 0 saturated heterocycles. The third-order valence-electron chi connectivity index (χ3n) is 2.70. The van der Waals surface area contributed by atoms with Gasteiger partial charge in [-0.2, -0.15) is 0 Å². The number of nitrogens with zero attached hydrogens (tertiary/aromatic N) is 1. The van der Waals surface area contributed by atoms with Crippen molar-refractivity contribution >= 4 is 17.2 Å². The van der Waals surface area contributed by atoms with Crippen LogP contribution in [0.15, 0.2) is 5.38 Å². The Balaban J connectivity index is 1.49. The molecule has 94 valence electrons. The van der Waals surface area contributed by atoms with Crippen LogP contribution in [0.3, 0.4) is 0 Å². The third-order valence-corrected chi connectivity index (χ3v) is 3.52. The van der Waals surface area contributed by atoms with Crippen LogP contribution in [0.25, 0.3) is 0 Å². The van der Waals surface area contributed by atoms with Crippen LogP contribution in [0.4, 0.5) is 0 Å². The maximum absolute atomic E-state index is 11.4. The van der Waals surface area contributed by atoms with Gasteiger partial charge in [0.25, 0.3) is 0 Å². The van der Waals surface area contributed by atoms with Crippen LogP contribution in [0, 0.1) is 6.92 Å². The Bertz CT molecular complexity index is 374. The summed E-state index contributed by atoms with van der Waals surface area (Å²) in [5.41, 5.74) is 1.14. The molecule has 2 rings (SSSR count). The number of aromatic nitrogens is 1. The summed E-state index contributed by atoms with van der Waals surface area (Å²) in [5, 5.41) is 9.46. The van der Waals surface area contributed by atoms with Gasteiger partial charge in [-0.15, -0.1) is 11.3 Å². The zero-order chi connectivity index (χ0) is 12.1. The Morgan fingerprint density at radius 2 is 2.35 bits per heavy atom.